The zero-order valence-electron chi connectivity index (χ0n) is 10.1. The molecule has 0 bridgehead atoms. The van der Waals surface area contributed by atoms with Crippen LogP contribution in [-0.2, 0) is 11.2 Å². The van der Waals surface area contributed by atoms with Gasteiger partial charge in [0, 0.05) is 5.69 Å². The Balaban J connectivity index is 2.57. The normalized spacial score (nSPS) is 11.9. The van der Waals surface area contributed by atoms with Crippen LogP contribution >= 0.6 is 0 Å². The molecule has 1 aromatic rings. The van der Waals surface area contributed by atoms with E-state index in [1.165, 1.54) is 19.1 Å². The lowest BCUT2D eigenvalue weighted by Crippen LogP contribution is -2.10. The predicted octanol–water partition coefficient (Wildman–Crippen LogP) is 3.45. The second-order valence-electron chi connectivity index (χ2n) is 4.03. The van der Waals surface area contributed by atoms with E-state index in [-0.39, 0.29) is 0 Å². The minimum absolute atomic E-state index is 0.435. The predicted molar refractivity (Wildman–Crippen MR) is 65.6 cm³/mol. The number of ether oxygens (including phenoxy) is 1. The van der Waals surface area contributed by atoms with Crippen molar-refractivity contribution in [3.05, 3.63) is 29.8 Å². The highest BCUT2D eigenvalue weighted by molar-refractivity contribution is 5.84. The number of carbonyl (C=O) groups is 1. The van der Waals surface area contributed by atoms with Gasteiger partial charge in [0.15, 0.2) is 0 Å². The molecular formula is C13H19NO2. The lowest BCUT2D eigenvalue weighted by atomic mass is 9.99. The van der Waals surface area contributed by atoms with Crippen LogP contribution in [0, 0.1) is 5.92 Å². The van der Waals surface area contributed by atoms with Crippen LogP contribution in [0.15, 0.2) is 24.3 Å². The number of carbonyl (C=O) groups excluding carboxylic acids is 1. The smallest absolute Gasteiger partial charge is 0.411 e. The minimum atomic E-state index is -0.435. The van der Waals surface area contributed by atoms with Crippen molar-refractivity contribution in [3.8, 4) is 0 Å². The number of benzene rings is 1. The van der Waals surface area contributed by atoms with E-state index in [0.717, 1.165) is 12.1 Å². The second kappa shape index (κ2) is 6.16. The van der Waals surface area contributed by atoms with Gasteiger partial charge in [-0.15, -0.1) is 0 Å². The van der Waals surface area contributed by atoms with E-state index < -0.39 is 6.09 Å². The van der Waals surface area contributed by atoms with Gasteiger partial charge in [0.2, 0.25) is 0 Å². The molecule has 0 saturated heterocycles. The van der Waals surface area contributed by atoms with Crippen LogP contribution < -0.4 is 5.32 Å². The van der Waals surface area contributed by atoms with E-state index in [2.05, 4.69) is 23.9 Å². The summed E-state index contributed by atoms with van der Waals surface area (Å²) in [7, 11) is 1.35. The molecule has 0 spiro atoms. The molecule has 0 aliphatic carbocycles. The maximum atomic E-state index is 11.0. The number of hydrogen-bond donors (Lipinski definition) is 1. The number of amides is 1. The number of anilines is 1. The van der Waals surface area contributed by atoms with Crippen molar-refractivity contribution in [2.45, 2.75) is 26.7 Å². The molecule has 0 aliphatic heterocycles. The van der Waals surface area contributed by atoms with E-state index in [1.807, 2.05) is 24.3 Å². The summed E-state index contributed by atoms with van der Waals surface area (Å²) in [6, 6.07) is 7.87. The van der Waals surface area contributed by atoms with Gasteiger partial charge in [0.05, 0.1) is 7.11 Å². The number of rotatable bonds is 4. The molecule has 0 aromatic heterocycles. The van der Waals surface area contributed by atoms with Crippen molar-refractivity contribution in [2.24, 2.45) is 5.92 Å². The standard InChI is InChI=1S/C13H19NO2/c1-4-10(2)9-11-5-7-12(8-6-11)14-13(15)16-3/h5-8,10H,4,9H2,1-3H3,(H,14,15). The fraction of sp³-hybridized carbons (Fsp3) is 0.462. The Morgan fingerprint density at radius 2 is 2.00 bits per heavy atom. The van der Waals surface area contributed by atoms with Crippen LogP contribution in [0.2, 0.25) is 0 Å². The number of methoxy groups -OCH3 is 1. The van der Waals surface area contributed by atoms with E-state index in [0.29, 0.717) is 5.92 Å². The highest BCUT2D eigenvalue weighted by Gasteiger charge is 2.03. The van der Waals surface area contributed by atoms with Crippen LogP contribution in [-0.4, -0.2) is 13.2 Å². The molecular weight excluding hydrogens is 202 g/mol. The van der Waals surface area contributed by atoms with Gasteiger partial charge in [-0.1, -0.05) is 32.4 Å². The third-order valence-corrected chi connectivity index (χ3v) is 2.67. The first kappa shape index (κ1) is 12.6. The van der Waals surface area contributed by atoms with Crippen molar-refractivity contribution < 1.29 is 9.53 Å². The summed E-state index contributed by atoms with van der Waals surface area (Å²) in [6.45, 7) is 4.43. The van der Waals surface area contributed by atoms with Crippen LogP contribution in [0.5, 0.6) is 0 Å². The summed E-state index contributed by atoms with van der Waals surface area (Å²) < 4.78 is 4.52. The third kappa shape index (κ3) is 3.93. The molecule has 16 heavy (non-hydrogen) atoms. The van der Waals surface area contributed by atoms with Gasteiger partial charge in [-0.2, -0.15) is 0 Å². The Morgan fingerprint density at radius 1 is 1.38 bits per heavy atom. The van der Waals surface area contributed by atoms with Crippen molar-refractivity contribution >= 4 is 11.8 Å². The maximum Gasteiger partial charge on any atom is 0.411 e. The van der Waals surface area contributed by atoms with Crippen molar-refractivity contribution in [2.75, 3.05) is 12.4 Å². The van der Waals surface area contributed by atoms with Gasteiger partial charge in [-0.25, -0.2) is 4.79 Å². The minimum Gasteiger partial charge on any atom is -0.453 e. The summed E-state index contributed by atoms with van der Waals surface area (Å²) in [4.78, 5) is 11.0. The summed E-state index contributed by atoms with van der Waals surface area (Å²) in [5, 5.41) is 2.62. The molecule has 3 nitrogen and oxygen atoms in total. The summed E-state index contributed by atoms with van der Waals surface area (Å²) >= 11 is 0. The lowest BCUT2D eigenvalue weighted by Gasteiger charge is -2.09. The molecule has 1 atom stereocenters. The van der Waals surface area contributed by atoms with Crippen LogP contribution in [0.25, 0.3) is 0 Å². The van der Waals surface area contributed by atoms with Crippen LogP contribution in [0.3, 0.4) is 0 Å². The first-order valence-corrected chi connectivity index (χ1v) is 5.59. The average molecular weight is 221 g/mol. The Morgan fingerprint density at radius 3 is 2.50 bits per heavy atom. The molecule has 3 heteroatoms. The van der Waals surface area contributed by atoms with E-state index in [1.54, 1.807) is 0 Å². The fourth-order valence-corrected chi connectivity index (χ4v) is 1.44. The Hall–Kier alpha value is -1.51. The van der Waals surface area contributed by atoms with Gasteiger partial charge < -0.3 is 4.74 Å². The quantitative estimate of drug-likeness (QED) is 0.845. The summed E-state index contributed by atoms with van der Waals surface area (Å²) in [5.41, 5.74) is 2.06. The third-order valence-electron chi connectivity index (χ3n) is 2.67. The highest BCUT2D eigenvalue weighted by Crippen LogP contribution is 2.14. The molecule has 1 rings (SSSR count). The van der Waals surface area contributed by atoms with Gasteiger partial charge in [-0.05, 0) is 30.0 Å². The molecule has 1 N–H and O–H groups in total. The van der Waals surface area contributed by atoms with Crippen molar-refractivity contribution in [1.82, 2.24) is 0 Å². The SMILES string of the molecule is CCC(C)Cc1ccc(NC(=O)OC)cc1. The maximum absolute atomic E-state index is 11.0. The molecule has 0 radical (unpaired) electrons. The van der Waals surface area contributed by atoms with E-state index in [9.17, 15) is 4.79 Å². The molecule has 1 aromatic carbocycles. The lowest BCUT2D eigenvalue weighted by molar-refractivity contribution is 0.187. The summed E-state index contributed by atoms with van der Waals surface area (Å²) in [6.07, 6.45) is 1.83. The molecule has 1 amide bonds. The van der Waals surface area contributed by atoms with Gasteiger partial charge in [-0.3, -0.25) is 5.32 Å². The van der Waals surface area contributed by atoms with Crippen LogP contribution in [0.1, 0.15) is 25.8 Å². The summed E-state index contributed by atoms with van der Waals surface area (Å²) in [5.74, 6) is 0.694. The number of nitrogens with one attached hydrogen (secondary N) is 1. The van der Waals surface area contributed by atoms with E-state index >= 15 is 0 Å². The second-order valence-corrected chi connectivity index (χ2v) is 4.03. The Labute approximate surface area is 96.8 Å². The first-order valence-electron chi connectivity index (χ1n) is 5.59. The highest BCUT2D eigenvalue weighted by atomic mass is 16.5. The average Bonchev–Trinajstić information content (AvgIpc) is 2.31. The van der Waals surface area contributed by atoms with Gasteiger partial charge in [0.1, 0.15) is 0 Å². The first-order chi connectivity index (χ1) is 7.65. The molecule has 0 saturated carbocycles. The molecule has 88 valence electrons. The zero-order valence-corrected chi connectivity index (χ0v) is 10.1. The van der Waals surface area contributed by atoms with Gasteiger partial charge >= 0.3 is 6.09 Å². The molecule has 0 fully saturated rings. The molecule has 1 unspecified atom stereocenters. The Kier molecular flexibility index (Phi) is 4.83. The molecule has 0 heterocycles. The topological polar surface area (TPSA) is 38.3 Å². The zero-order chi connectivity index (χ0) is 12.0. The van der Waals surface area contributed by atoms with Gasteiger partial charge in [0.25, 0.3) is 0 Å². The Bertz CT molecular complexity index is 332. The monoisotopic (exact) mass is 221 g/mol. The van der Waals surface area contributed by atoms with Crippen molar-refractivity contribution in [3.63, 3.8) is 0 Å². The number of hydrogen-bond acceptors (Lipinski definition) is 2. The molecule has 0 aliphatic rings. The fourth-order valence-electron chi connectivity index (χ4n) is 1.44. The largest absolute Gasteiger partial charge is 0.453 e. The van der Waals surface area contributed by atoms with E-state index in [4.69, 9.17) is 0 Å². The van der Waals surface area contributed by atoms with Crippen molar-refractivity contribution in [1.29, 1.82) is 0 Å². The van der Waals surface area contributed by atoms with Crippen LogP contribution in [0.4, 0.5) is 10.5 Å².